The smallest absolute Gasteiger partial charge is 0.227 e. The van der Waals surface area contributed by atoms with Crippen LogP contribution < -0.4 is 0 Å². The average molecular weight is 291 g/mol. The first kappa shape index (κ1) is 14.2. The number of fused-ring (bicyclic) bond motifs is 1. The molecule has 112 valence electrons. The van der Waals surface area contributed by atoms with Gasteiger partial charge in [0.1, 0.15) is 6.10 Å². The highest BCUT2D eigenvalue weighted by molar-refractivity contribution is 6.00. The Balaban J connectivity index is 1.81. The summed E-state index contributed by atoms with van der Waals surface area (Å²) in [5.74, 6) is -0.506. The second-order valence-electron chi connectivity index (χ2n) is 5.29. The van der Waals surface area contributed by atoms with Crippen molar-refractivity contribution in [2.45, 2.75) is 19.4 Å². The molecule has 3 rings (SSSR count). The maximum atomic E-state index is 13.6. The molecule has 1 atom stereocenters. The van der Waals surface area contributed by atoms with E-state index in [9.17, 15) is 9.18 Å². The molecule has 21 heavy (non-hydrogen) atoms. The van der Waals surface area contributed by atoms with Crippen molar-refractivity contribution in [3.8, 4) is 0 Å². The quantitative estimate of drug-likeness (QED) is 0.812. The zero-order valence-corrected chi connectivity index (χ0v) is 12.0. The summed E-state index contributed by atoms with van der Waals surface area (Å²) >= 11 is 0. The minimum atomic E-state index is -0.533. The number of nitrogens with zero attached hydrogens (tertiary/aromatic N) is 1. The summed E-state index contributed by atoms with van der Waals surface area (Å²) in [6.45, 7) is 4.99. The van der Waals surface area contributed by atoms with E-state index in [2.05, 4.69) is 11.8 Å². The number of morpholine rings is 1. The van der Waals surface area contributed by atoms with Crippen LogP contribution in [0.5, 0.6) is 0 Å². The van der Waals surface area contributed by atoms with Crippen molar-refractivity contribution in [1.82, 2.24) is 4.90 Å². The Labute approximate surface area is 122 Å². The van der Waals surface area contributed by atoms with Crippen LogP contribution in [0, 0.1) is 5.82 Å². The van der Waals surface area contributed by atoms with Crippen LogP contribution in [0.3, 0.4) is 0 Å². The van der Waals surface area contributed by atoms with Crippen LogP contribution in [0.25, 0.3) is 11.0 Å². The van der Waals surface area contributed by atoms with Gasteiger partial charge < -0.3 is 9.15 Å². The normalized spacial score (nSPS) is 20.0. The Kier molecular flexibility index (Phi) is 4.03. The van der Waals surface area contributed by atoms with E-state index in [0.29, 0.717) is 18.5 Å². The molecule has 1 saturated heterocycles. The molecule has 1 aliphatic rings. The fourth-order valence-corrected chi connectivity index (χ4v) is 2.69. The Morgan fingerprint density at radius 3 is 3.10 bits per heavy atom. The van der Waals surface area contributed by atoms with E-state index in [1.807, 2.05) is 0 Å². The van der Waals surface area contributed by atoms with E-state index in [1.54, 1.807) is 18.2 Å². The summed E-state index contributed by atoms with van der Waals surface area (Å²) in [5.41, 5.74) is 0.127. The third-order valence-electron chi connectivity index (χ3n) is 3.72. The lowest BCUT2D eigenvalue weighted by molar-refractivity contribution is -0.0175. The van der Waals surface area contributed by atoms with Crippen molar-refractivity contribution < 1.29 is 18.3 Å². The van der Waals surface area contributed by atoms with E-state index in [1.165, 1.54) is 6.07 Å². The summed E-state index contributed by atoms with van der Waals surface area (Å²) < 4.78 is 24.6. The number of Topliss-reactive ketones (excluding diaryl/α,β-unsaturated/α-hetero) is 1. The van der Waals surface area contributed by atoms with Crippen molar-refractivity contribution in [3.63, 3.8) is 0 Å². The summed E-state index contributed by atoms with van der Waals surface area (Å²) in [4.78, 5) is 14.7. The number of furan rings is 1. The topological polar surface area (TPSA) is 42.7 Å². The van der Waals surface area contributed by atoms with Crippen LogP contribution in [0.4, 0.5) is 4.39 Å². The average Bonchev–Trinajstić information content (AvgIpc) is 2.93. The van der Waals surface area contributed by atoms with Gasteiger partial charge in [-0.2, -0.15) is 0 Å². The number of ketones is 1. The Hall–Kier alpha value is -1.72. The molecule has 0 amide bonds. The molecule has 4 nitrogen and oxygen atoms in total. The zero-order chi connectivity index (χ0) is 14.8. The molecular weight excluding hydrogens is 273 g/mol. The van der Waals surface area contributed by atoms with Crippen molar-refractivity contribution in [3.05, 3.63) is 35.8 Å². The molecular formula is C16H18FNO3. The Morgan fingerprint density at radius 2 is 2.33 bits per heavy atom. The molecule has 1 fully saturated rings. The maximum absolute atomic E-state index is 13.6. The van der Waals surface area contributed by atoms with Crippen LogP contribution in [-0.2, 0) is 4.74 Å². The van der Waals surface area contributed by atoms with Gasteiger partial charge in [0.15, 0.2) is 17.2 Å². The van der Waals surface area contributed by atoms with Crippen molar-refractivity contribution in [1.29, 1.82) is 0 Å². The molecule has 1 unspecified atom stereocenters. The molecule has 0 radical (unpaired) electrons. The summed E-state index contributed by atoms with van der Waals surface area (Å²) in [6, 6.07) is 6.23. The Bertz CT molecular complexity index is 650. The molecule has 1 aromatic carbocycles. The molecule has 0 bridgehead atoms. The van der Waals surface area contributed by atoms with Crippen LogP contribution >= 0.6 is 0 Å². The van der Waals surface area contributed by atoms with Gasteiger partial charge in [0.25, 0.3) is 0 Å². The fraction of sp³-hybridized carbons (Fsp3) is 0.438. The molecule has 1 aliphatic heterocycles. The molecule has 0 saturated carbocycles. The van der Waals surface area contributed by atoms with E-state index in [0.717, 1.165) is 19.5 Å². The molecule has 0 N–H and O–H groups in total. The van der Waals surface area contributed by atoms with Gasteiger partial charge in [-0.15, -0.1) is 0 Å². The number of hydrogen-bond donors (Lipinski definition) is 0. The minimum Gasteiger partial charge on any atom is -0.450 e. The van der Waals surface area contributed by atoms with Crippen LogP contribution in [0.2, 0.25) is 0 Å². The first-order valence-corrected chi connectivity index (χ1v) is 7.25. The van der Waals surface area contributed by atoms with Crippen LogP contribution in [0.15, 0.2) is 28.7 Å². The maximum Gasteiger partial charge on any atom is 0.227 e. The van der Waals surface area contributed by atoms with Gasteiger partial charge in [0, 0.05) is 18.5 Å². The molecule has 1 aromatic heterocycles. The summed E-state index contributed by atoms with van der Waals surface area (Å²) in [6.07, 6.45) is 0.505. The third kappa shape index (κ3) is 2.84. The van der Waals surface area contributed by atoms with Crippen LogP contribution in [0.1, 0.15) is 23.9 Å². The highest BCUT2D eigenvalue weighted by Gasteiger charge is 2.29. The summed E-state index contributed by atoms with van der Waals surface area (Å²) in [5, 5.41) is 0.597. The number of benzene rings is 1. The first-order chi connectivity index (χ1) is 10.2. The monoisotopic (exact) mass is 291 g/mol. The standard InChI is InChI=1S/C16H18FNO3/c1-2-6-18-7-8-20-14(10-18)15(19)13-9-11-4-3-5-12(17)16(11)21-13/h3-5,9,14H,2,6-8,10H2,1H3. The van der Waals surface area contributed by atoms with Crippen molar-refractivity contribution >= 4 is 16.8 Å². The van der Waals surface area contributed by atoms with Gasteiger partial charge in [0.2, 0.25) is 5.78 Å². The lowest BCUT2D eigenvalue weighted by Gasteiger charge is -2.31. The van der Waals surface area contributed by atoms with E-state index >= 15 is 0 Å². The number of ether oxygens (including phenoxy) is 1. The number of hydrogen-bond acceptors (Lipinski definition) is 4. The second-order valence-corrected chi connectivity index (χ2v) is 5.29. The molecule has 0 spiro atoms. The largest absolute Gasteiger partial charge is 0.450 e. The van der Waals surface area contributed by atoms with Gasteiger partial charge in [-0.05, 0) is 25.1 Å². The number of rotatable bonds is 4. The van der Waals surface area contributed by atoms with Crippen LogP contribution in [-0.4, -0.2) is 43.0 Å². The molecule has 0 aliphatic carbocycles. The number of carbonyl (C=O) groups excluding carboxylic acids is 1. The lowest BCUT2D eigenvalue weighted by Crippen LogP contribution is -2.46. The van der Waals surface area contributed by atoms with E-state index < -0.39 is 11.9 Å². The molecule has 2 aromatic rings. The lowest BCUT2D eigenvalue weighted by atomic mass is 10.1. The van der Waals surface area contributed by atoms with Crippen molar-refractivity contribution in [2.75, 3.05) is 26.2 Å². The van der Waals surface area contributed by atoms with E-state index in [-0.39, 0.29) is 17.1 Å². The fourth-order valence-electron chi connectivity index (χ4n) is 2.69. The van der Waals surface area contributed by atoms with Crippen molar-refractivity contribution in [2.24, 2.45) is 0 Å². The van der Waals surface area contributed by atoms with Gasteiger partial charge >= 0.3 is 0 Å². The predicted octanol–water partition coefficient (Wildman–Crippen LogP) is 2.87. The van der Waals surface area contributed by atoms with Gasteiger partial charge in [-0.25, -0.2) is 4.39 Å². The first-order valence-electron chi connectivity index (χ1n) is 7.25. The highest BCUT2D eigenvalue weighted by atomic mass is 19.1. The molecule has 2 heterocycles. The highest BCUT2D eigenvalue weighted by Crippen LogP contribution is 2.24. The zero-order valence-electron chi connectivity index (χ0n) is 12.0. The summed E-state index contributed by atoms with van der Waals surface area (Å²) in [7, 11) is 0. The number of para-hydroxylation sites is 1. The number of halogens is 1. The third-order valence-corrected chi connectivity index (χ3v) is 3.72. The minimum absolute atomic E-state index is 0.127. The predicted molar refractivity (Wildman–Crippen MR) is 77.0 cm³/mol. The Morgan fingerprint density at radius 1 is 1.48 bits per heavy atom. The SMILES string of the molecule is CCCN1CCOC(C(=O)c2cc3cccc(F)c3o2)C1. The van der Waals surface area contributed by atoms with Gasteiger partial charge in [-0.1, -0.05) is 19.1 Å². The van der Waals surface area contributed by atoms with Gasteiger partial charge in [0.05, 0.1) is 6.61 Å². The second kappa shape index (κ2) is 5.95. The van der Waals surface area contributed by atoms with E-state index in [4.69, 9.17) is 9.15 Å². The number of carbonyl (C=O) groups is 1. The molecule has 5 heteroatoms. The van der Waals surface area contributed by atoms with Gasteiger partial charge in [-0.3, -0.25) is 9.69 Å².